The van der Waals surface area contributed by atoms with E-state index in [0.717, 1.165) is 25.9 Å². The van der Waals surface area contributed by atoms with Crippen LogP contribution >= 0.6 is 0 Å². The number of hydrogen-bond donors (Lipinski definition) is 2. The van der Waals surface area contributed by atoms with Gasteiger partial charge < -0.3 is 10.4 Å². The van der Waals surface area contributed by atoms with Crippen molar-refractivity contribution in [3.05, 3.63) is 0 Å². The van der Waals surface area contributed by atoms with Crippen LogP contribution < -0.4 is 5.32 Å². The van der Waals surface area contributed by atoms with E-state index in [1.54, 1.807) is 6.92 Å². The Kier molecular flexibility index (Phi) is 5.02. The maximum absolute atomic E-state index is 11.2. The molecule has 1 saturated heterocycles. The van der Waals surface area contributed by atoms with Crippen LogP contribution in [0.3, 0.4) is 0 Å². The molecular formula is C10H21NO3S. The van der Waals surface area contributed by atoms with Crippen LogP contribution in [0.1, 0.15) is 26.2 Å². The molecule has 1 rings (SSSR count). The number of sulfone groups is 1. The largest absolute Gasteiger partial charge is 0.393 e. The molecule has 2 unspecified atom stereocenters. The number of piperidine rings is 1. The lowest BCUT2D eigenvalue weighted by molar-refractivity contribution is 0.0742. The van der Waals surface area contributed by atoms with Gasteiger partial charge in [0.2, 0.25) is 0 Å². The Morgan fingerprint density at radius 1 is 1.47 bits per heavy atom. The molecule has 1 heterocycles. The molecule has 1 aliphatic rings. The molecule has 0 aromatic carbocycles. The molecule has 2 atom stereocenters. The quantitative estimate of drug-likeness (QED) is 0.713. The van der Waals surface area contributed by atoms with Gasteiger partial charge in [0, 0.05) is 12.3 Å². The lowest BCUT2D eigenvalue weighted by atomic mass is 9.92. The molecule has 15 heavy (non-hydrogen) atoms. The van der Waals surface area contributed by atoms with Crippen LogP contribution in [0.2, 0.25) is 0 Å². The molecule has 5 heteroatoms. The Balaban J connectivity index is 2.25. The Morgan fingerprint density at radius 2 is 2.20 bits per heavy atom. The Bertz CT molecular complexity index is 276. The first kappa shape index (κ1) is 12.9. The van der Waals surface area contributed by atoms with Crippen molar-refractivity contribution in [2.45, 2.75) is 32.3 Å². The van der Waals surface area contributed by atoms with E-state index >= 15 is 0 Å². The predicted octanol–water partition coefficient (Wildman–Crippen LogP) is 0.172. The molecule has 4 nitrogen and oxygen atoms in total. The van der Waals surface area contributed by atoms with Gasteiger partial charge in [-0.15, -0.1) is 0 Å². The summed E-state index contributed by atoms with van der Waals surface area (Å²) in [6, 6.07) is 0. The molecule has 0 saturated carbocycles. The molecular weight excluding hydrogens is 214 g/mol. The van der Waals surface area contributed by atoms with Gasteiger partial charge in [-0.3, -0.25) is 0 Å². The van der Waals surface area contributed by atoms with E-state index in [0.29, 0.717) is 6.42 Å². The molecule has 0 radical (unpaired) electrons. The van der Waals surface area contributed by atoms with E-state index in [9.17, 15) is 13.5 Å². The summed E-state index contributed by atoms with van der Waals surface area (Å²) < 4.78 is 22.5. The van der Waals surface area contributed by atoms with Crippen LogP contribution in [0.15, 0.2) is 0 Å². The molecule has 1 aliphatic heterocycles. The van der Waals surface area contributed by atoms with Gasteiger partial charge in [-0.05, 0) is 31.7 Å². The van der Waals surface area contributed by atoms with Crippen LogP contribution in [0.4, 0.5) is 0 Å². The van der Waals surface area contributed by atoms with Crippen molar-refractivity contribution < 1.29 is 13.5 Å². The average Bonchev–Trinajstić information content (AvgIpc) is 2.21. The number of nitrogens with one attached hydrogen (secondary N) is 1. The van der Waals surface area contributed by atoms with Gasteiger partial charge in [-0.1, -0.05) is 6.92 Å². The van der Waals surface area contributed by atoms with Gasteiger partial charge in [-0.25, -0.2) is 8.42 Å². The lowest BCUT2D eigenvalue weighted by Crippen LogP contribution is -2.39. The summed E-state index contributed by atoms with van der Waals surface area (Å²) in [7, 11) is -2.84. The summed E-state index contributed by atoms with van der Waals surface area (Å²) in [4.78, 5) is 0. The van der Waals surface area contributed by atoms with Crippen LogP contribution in [0, 0.1) is 5.92 Å². The maximum atomic E-state index is 11.2. The monoisotopic (exact) mass is 235 g/mol. The number of hydrogen-bond acceptors (Lipinski definition) is 4. The number of aliphatic hydroxyl groups is 1. The zero-order valence-electron chi connectivity index (χ0n) is 9.28. The third kappa shape index (κ3) is 4.49. The van der Waals surface area contributed by atoms with E-state index in [1.165, 1.54) is 0 Å². The summed E-state index contributed by atoms with van der Waals surface area (Å²) in [6.07, 6.45) is 1.99. The summed E-state index contributed by atoms with van der Waals surface area (Å²) in [6.45, 7) is 3.35. The second-order valence-corrected chi connectivity index (χ2v) is 6.67. The topological polar surface area (TPSA) is 66.4 Å². The predicted molar refractivity (Wildman–Crippen MR) is 60.5 cm³/mol. The third-order valence-electron chi connectivity index (χ3n) is 3.04. The molecule has 0 aromatic rings. The molecule has 0 aromatic heterocycles. The first-order chi connectivity index (χ1) is 7.05. The average molecular weight is 235 g/mol. The minimum absolute atomic E-state index is 0.221. The zero-order valence-corrected chi connectivity index (χ0v) is 10.1. The Hall–Kier alpha value is -0.130. The lowest BCUT2D eigenvalue weighted by Gasteiger charge is -2.28. The smallest absolute Gasteiger partial charge is 0.150 e. The summed E-state index contributed by atoms with van der Waals surface area (Å²) >= 11 is 0. The highest BCUT2D eigenvalue weighted by Gasteiger charge is 2.22. The van der Waals surface area contributed by atoms with Crippen molar-refractivity contribution in [2.24, 2.45) is 5.92 Å². The fourth-order valence-electron chi connectivity index (χ4n) is 1.91. The SMILES string of the molecule is CCS(=O)(=O)CCCC1CNCCC1O. The van der Waals surface area contributed by atoms with Crippen molar-refractivity contribution in [3.8, 4) is 0 Å². The van der Waals surface area contributed by atoms with E-state index in [1.807, 2.05) is 0 Å². The highest BCUT2D eigenvalue weighted by atomic mass is 32.2. The second kappa shape index (κ2) is 5.82. The normalized spacial score (nSPS) is 27.9. The van der Waals surface area contributed by atoms with Gasteiger partial charge in [0.15, 0.2) is 0 Å². The van der Waals surface area contributed by atoms with E-state index in [4.69, 9.17) is 0 Å². The standard InChI is InChI=1S/C10H21NO3S/c1-2-15(13,14)7-3-4-9-8-11-6-5-10(9)12/h9-12H,2-8H2,1H3. The van der Waals surface area contributed by atoms with Gasteiger partial charge in [0.25, 0.3) is 0 Å². The Labute approximate surface area is 92.0 Å². The number of aliphatic hydroxyl groups excluding tert-OH is 1. The highest BCUT2D eigenvalue weighted by Crippen LogP contribution is 2.17. The van der Waals surface area contributed by atoms with E-state index < -0.39 is 9.84 Å². The highest BCUT2D eigenvalue weighted by molar-refractivity contribution is 7.91. The minimum Gasteiger partial charge on any atom is -0.393 e. The van der Waals surface area contributed by atoms with Crippen LogP contribution in [-0.2, 0) is 9.84 Å². The van der Waals surface area contributed by atoms with E-state index in [2.05, 4.69) is 5.32 Å². The fourth-order valence-corrected chi connectivity index (χ4v) is 2.81. The van der Waals surface area contributed by atoms with Gasteiger partial charge >= 0.3 is 0 Å². The molecule has 0 spiro atoms. The van der Waals surface area contributed by atoms with Gasteiger partial charge in [-0.2, -0.15) is 0 Å². The van der Waals surface area contributed by atoms with E-state index in [-0.39, 0.29) is 23.5 Å². The van der Waals surface area contributed by atoms with Gasteiger partial charge in [0.05, 0.1) is 11.9 Å². The minimum atomic E-state index is -2.84. The summed E-state index contributed by atoms with van der Waals surface area (Å²) in [5.74, 6) is 0.705. The molecule has 1 fully saturated rings. The zero-order chi connectivity index (χ0) is 11.3. The molecule has 0 aliphatic carbocycles. The summed E-state index contributed by atoms with van der Waals surface area (Å²) in [5, 5.41) is 12.9. The van der Waals surface area contributed by atoms with Crippen molar-refractivity contribution in [1.82, 2.24) is 5.32 Å². The molecule has 0 amide bonds. The van der Waals surface area contributed by atoms with Crippen LogP contribution in [-0.4, -0.2) is 44.2 Å². The van der Waals surface area contributed by atoms with Crippen LogP contribution in [0.5, 0.6) is 0 Å². The molecule has 0 bridgehead atoms. The molecule has 90 valence electrons. The summed E-state index contributed by atoms with van der Waals surface area (Å²) in [5.41, 5.74) is 0. The first-order valence-corrected chi connectivity index (χ1v) is 7.46. The van der Waals surface area contributed by atoms with Crippen molar-refractivity contribution in [2.75, 3.05) is 24.6 Å². The second-order valence-electron chi connectivity index (χ2n) is 4.20. The number of rotatable bonds is 5. The fraction of sp³-hybridized carbons (Fsp3) is 1.00. The first-order valence-electron chi connectivity index (χ1n) is 5.64. The third-order valence-corrected chi connectivity index (χ3v) is 4.83. The van der Waals surface area contributed by atoms with Crippen LogP contribution in [0.25, 0.3) is 0 Å². The van der Waals surface area contributed by atoms with Crippen molar-refractivity contribution in [1.29, 1.82) is 0 Å². The maximum Gasteiger partial charge on any atom is 0.150 e. The van der Waals surface area contributed by atoms with Gasteiger partial charge in [0.1, 0.15) is 9.84 Å². The molecule has 2 N–H and O–H groups in total. The Morgan fingerprint density at radius 3 is 2.80 bits per heavy atom. The van der Waals surface area contributed by atoms with Crippen molar-refractivity contribution in [3.63, 3.8) is 0 Å². The van der Waals surface area contributed by atoms with Crippen molar-refractivity contribution >= 4 is 9.84 Å².